The minimum atomic E-state index is -0.781. The lowest BCUT2D eigenvalue weighted by Crippen LogP contribution is -2.34. The fourth-order valence-electron chi connectivity index (χ4n) is 2.90. The van der Waals surface area contributed by atoms with Crippen molar-refractivity contribution < 1.29 is 8.78 Å². The van der Waals surface area contributed by atoms with Gasteiger partial charge in [0.15, 0.2) is 11.6 Å². The maximum Gasteiger partial charge on any atom is 0.159 e. The molecule has 112 valence electrons. The maximum atomic E-state index is 13.2. The highest BCUT2D eigenvalue weighted by atomic mass is 19.2. The van der Waals surface area contributed by atoms with Gasteiger partial charge in [0.2, 0.25) is 0 Å². The number of rotatable bonds is 4. The molecule has 0 radical (unpaired) electrons. The largest absolute Gasteiger partial charge is 0.299 e. The number of benzene rings is 1. The molecule has 0 N–H and O–H groups in total. The van der Waals surface area contributed by atoms with Crippen molar-refractivity contribution in [1.82, 2.24) is 14.7 Å². The molecule has 0 aliphatic carbocycles. The van der Waals surface area contributed by atoms with Crippen LogP contribution in [-0.4, -0.2) is 27.8 Å². The number of hydrogen-bond donors (Lipinski definition) is 0. The molecule has 0 atom stereocenters. The van der Waals surface area contributed by atoms with Gasteiger partial charge in [-0.1, -0.05) is 6.07 Å². The highest BCUT2D eigenvalue weighted by Gasteiger charge is 2.20. The average Bonchev–Trinajstić information content (AvgIpc) is 2.98. The minimum Gasteiger partial charge on any atom is -0.299 e. The molecule has 1 aromatic heterocycles. The van der Waals surface area contributed by atoms with Crippen molar-refractivity contribution in [2.24, 2.45) is 5.92 Å². The number of hydrogen-bond acceptors (Lipinski definition) is 2. The zero-order valence-corrected chi connectivity index (χ0v) is 11.9. The van der Waals surface area contributed by atoms with Crippen LogP contribution in [0.2, 0.25) is 0 Å². The highest BCUT2D eigenvalue weighted by Crippen LogP contribution is 2.21. The van der Waals surface area contributed by atoms with Gasteiger partial charge in [0.05, 0.1) is 0 Å². The van der Waals surface area contributed by atoms with Crippen LogP contribution >= 0.6 is 0 Å². The summed E-state index contributed by atoms with van der Waals surface area (Å²) in [5.41, 5.74) is 0.833. The van der Waals surface area contributed by atoms with Gasteiger partial charge in [-0.05, 0) is 55.6 Å². The summed E-state index contributed by atoms with van der Waals surface area (Å²) in [4.78, 5) is 2.30. The molecule has 2 aromatic rings. The molecular weight excluding hydrogens is 272 g/mol. The zero-order valence-electron chi connectivity index (χ0n) is 11.9. The van der Waals surface area contributed by atoms with E-state index >= 15 is 0 Å². The Bertz CT molecular complexity index is 575. The Hall–Kier alpha value is -1.75. The van der Waals surface area contributed by atoms with Gasteiger partial charge in [-0.15, -0.1) is 0 Å². The Labute approximate surface area is 123 Å². The molecular formula is C16H19F2N3. The predicted molar refractivity (Wildman–Crippen MR) is 76.6 cm³/mol. The summed E-state index contributed by atoms with van der Waals surface area (Å²) in [5, 5.41) is 4.24. The van der Waals surface area contributed by atoms with E-state index in [1.165, 1.54) is 12.1 Å². The second-order valence-corrected chi connectivity index (χ2v) is 5.70. The van der Waals surface area contributed by atoms with Gasteiger partial charge in [-0.3, -0.25) is 9.58 Å². The van der Waals surface area contributed by atoms with E-state index in [1.54, 1.807) is 12.3 Å². The third kappa shape index (κ3) is 3.67. The molecule has 2 heterocycles. The van der Waals surface area contributed by atoms with E-state index in [0.29, 0.717) is 12.5 Å². The van der Waals surface area contributed by atoms with Crippen LogP contribution in [0.3, 0.4) is 0 Å². The molecule has 0 unspecified atom stereocenters. The first-order chi connectivity index (χ1) is 10.2. The Kier molecular flexibility index (Phi) is 4.29. The van der Waals surface area contributed by atoms with Crippen LogP contribution in [0.25, 0.3) is 0 Å². The number of piperidine rings is 1. The lowest BCUT2D eigenvalue weighted by atomic mass is 9.96. The standard InChI is InChI=1S/C16H19F2N3/c17-15-3-2-14(10-16(15)18)11-20-8-4-13(5-9-20)12-21-7-1-6-19-21/h1-3,6-7,10,13H,4-5,8-9,11-12H2. The lowest BCUT2D eigenvalue weighted by molar-refractivity contribution is 0.164. The maximum absolute atomic E-state index is 13.2. The topological polar surface area (TPSA) is 21.1 Å². The average molecular weight is 291 g/mol. The monoisotopic (exact) mass is 291 g/mol. The Morgan fingerprint density at radius 2 is 1.95 bits per heavy atom. The van der Waals surface area contributed by atoms with Crippen molar-refractivity contribution in [3.8, 4) is 0 Å². The molecule has 3 rings (SSSR count). The van der Waals surface area contributed by atoms with Crippen molar-refractivity contribution in [1.29, 1.82) is 0 Å². The Balaban J connectivity index is 1.50. The van der Waals surface area contributed by atoms with Gasteiger partial charge < -0.3 is 0 Å². The summed E-state index contributed by atoms with van der Waals surface area (Å²) in [6.07, 6.45) is 6.03. The van der Waals surface area contributed by atoms with Crippen LogP contribution in [0.4, 0.5) is 8.78 Å². The summed E-state index contributed by atoms with van der Waals surface area (Å²) >= 11 is 0. The summed E-state index contributed by atoms with van der Waals surface area (Å²) in [5.74, 6) is -0.899. The van der Waals surface area contributed by atoms with Crippen LogP contribution in [-0.2, 0) is 13.1 Å². The van der Waals surface area contributed by atoms with E-state index in [2.05, 4.69) is 10.00 Å². The van der Waals surface area contributed by atoms with Crippen molar-refractivity contribution in [3.63, 3.8) is 0 Å². The number of nitrogens with zero attached hydrogens (tertiary/aromatic N) is 3. The van der Waals surface area contributed by atoms with Gasteiger partial charge in [0, 0.05) is 25.5 Å². The van der Waals surface area contributed by atoms with Crippen LogP contribution < -0.4 is 0 Å². The van der Waals surface area contributed by atoms with Crippen LogP contribution in [0.15, 0.2) is 36.7 Å². The first-order valence-corrected chi connectivity index (χ1v) is 7.34. The van der Waals surface area contributed by atoms with E-state index in [9.17, 15) is 8.78 Å². The molecule has 0 bridgehead atoms. The van der Waals surface area contributed by atoms with Gasteiger partial charge >= 0.3 is 0 Å². The van der Waals surface area contributed by atoms with E-state index in [-0.39, 0.29) is 0 Å². The van der Waals surface area contributed by atoms with Crippen molar-refractivity contribution >= 4 is 0 Å². The van der Waals surface area contributed by atoms with E-state index < -0.39 is 11.6 Å². The molecule has 3 nitrogen and oxygen atoms in total. The molecule has 0 spiro atoms. The van der Waals surface area contributed by atoms with E-state index in [1.807, 2.05) is 16.9 Å². The summed E-state index contributed by atoms with van der Waals surface area (Å²) in [7, 11) is 0. The van der Waals surface area contributed by atoms with Crippen LogP contribution in [0.1, 0.15) is 18.4 Å². The summed E-state index contributed by atoms with van der Waals surface area (Å²) in [6.45, 7) is 3.63. The number of halogens is 2. The van der Waals surface area contributed by atoms with Gasteiger partial charge in [-0.25, -0.2) is 8.78 Å². The van der Waals surface area contributed by atoms with Gasteiger partial charge in [-0.2, -0.15) is 5.10 Å². The lowest BCUT2D eigenvalue weighted by Gasteiger charge is -2.31. The van der Waals surface area contributed by atoms with E-state index in [4.69, 9.17) is 0 Å². The first kappa shape index (κ1) is 14.2. The molecule has 1 aliphatic heterocycles. The van der Waals surface area contributed by atoms with Gasteiger partial charge in [0.1, 0.15) is 0 Å². The fourth-order valence-corrected chi connectivity index (χ4v) is 2.90. The smallest absolute Gasteiger partial charge is 0.159 e. The van der Waals surface area contributed by atoms with Crippen molar-refractivity contribution in [2.75, 3.05) is 13.1 Å². The normalized spacial score (nSPS) is 17.2. The third-order valence-corrected chi connectivity index (χ3v) is 4.10. The fraction of sp³-hybridized carbons (Fsp3) is 0.438. The Morgan fingerprint density at radius 1 is 1.14 bits per heavy atom. The minimum absolute atomic E-state index is 0.645. The van der Waals surface area contributed by atoms with Gasteiger partial charge in [0.25, 0.3) is 0 Å². The third-order valence-electron chi connectivity index (χ3n) is 4.10. The highest BCUT2D eigenvalue weighted by molar-refractivity contribution is 5.17. The predicted octanol–water partition coefficient (Wildman–Crippen LogP) is 3.07. The van der Waals surface area contributed by atoms with Crippen molar-refractivity contribution in [2.45, 2.75) is 25.9 Å². The number of aromatic nitrogens is 2. The Morgan fingerprint density at radius 3 is 2.62 bits per heavy atom. The van der Waals surface area contributed by atoms with E-state index in [0.717, 1.165) is 38.0 Å². The zero-order chi connectivity index (χ0) is 14.7. The first-order valence-electron chi connectivity index (χ1n) is 7.34. The molecule has 1 fully saturated rings. The molecule has 5 heteroatoms. The second kappa shape index (κ2) is 6.35. The quantitative estimate of drug-likeness (QED) is 0.863. The summed E-state index contributed by atoms with van der Waals surface area (Å²) in [6, 6.07) is 6.10. The number of likely N-dealkylation sites (tertiary alicyclic amines) is 1. The molecule has 1 aromatic carbocycles. The molecule has 0 saturated carbocycles. The molecule has 21 heavy (non-hydrogen) atoms. The van der Waals surface area contributed by atoms with Crippen LogP contribution in [0.5, 0.6) is 0 Å². The van der Waals surface area contributed by atoms with Crippen molar-refractivity contribution in [3.05, 3.63) is 53.9 Å². The molecule has 1 saturated heterocycles. The summed E-state index contributed by atoms with van der Waals surface area (Å²) < 4.78 is 28.1. The molecule has 0 amide bonds. The SMILES string of the molecule is Fc1ccc(CN2CCC(Cn3cccn3)CC2)cc1F. The van der Waals surface area contributed by atoms with Crippen LogP contribution in [0, 0.1) is 17.6 Å². The second-order valence-electron chi connectivity index (χ2n) is 5.70. The molecule has 1 aliphatic rings.